The van der Waals surface area contributed by atoms with Crippen molar-refractivity contribution in [1.29, 1.82) is 0 Å². The molecule has 0 atom stereocenters. The summed E-state index contributed by atoms with van der Waals surface area (Å²) in [5, 5.41) is 5.03. The number of ether oxygens (including phenoxy) is 1. The Kier molecular flexibility index (Phi) is 6.13. The lowest BCUT2D eigenvalue weighted by atomic mass is 10.4. The predicted octanol–water partition coefficient (Wildman–Crippen LogP) is 2.25. The number of carbonyl (C=O) groups excluding carboxylic acids is 1. The van der Waals surface area contributed by atoms with Gasteiger partial charge in [0.15, 0.2) is 0 Å². The molecule has 0 N–H and O–H groups in total. The number of hydrogen-bond acceptors (Lipinski definition) is 6. The van der Waals surface area contributed by atoms with Crippen LogP contribution in [0.5, 0.6) is 5.88 Å². The van der Waals surface area contributed by atoms with Crippen LogP contribution in [0.25, 0.3) is 0 Å². The fourth-order valence-corrected chi connectivity index (χ4v) is 1.88. The van der Waals surface area contributed by atoms with Gasteiger partial charge < -0.3 is 4.74 Å². The van der Waals surface area contributed by atoms with Crippen molar-refractivity contribution in [3.8, 4) is 5.88 Å². The summed E-state index contributed by atoms with van der Waals surface area (Å²) in [7, 11) is 2.62. The minimum Gasteiger partial charge on any atom is -0.388 e. The van der Waals surface area contributed by atoms with E-state index in [4.69, 9.17) is 14.4 Å². The zero-order chi connectivity index (χ0) is 14.4. The average Bonchev–Trinajstić information content (AvgIpc) is 2.74. The molecule has 7 nitrogen and oxygen atoms in total. The van der Waals surface area contributed by atoms with E-state index in [0.29, 0.717) is 11.1 Å². The summed E-state index contributed by atoms with van der Waals surface area (Å²) in [4.78, 5) is 21.1. The molecule has 0 aliphatic heterocycles. The van der Waals surface area contributed by atoms with E-state index in [1.54, 1.807) is 22.5 Å². The maximum Gasteiger partial charge on any atom is 0.466 e. The summed E-state index contributed by atoms with van der Waals surface area (Å²) in [6, 6.07) is 1.81. The Morgan fingerprint density at radius 3 is 2.58 bits per heavy atom. The summed E-state index contributed by atoms with van der Waals surface area (Å²) < 4.78 is 6.85. The second-order valence-electron chi connectivity index (χ2n) is 3.94. The van der Waals surface area contributed by atoms with Crippen LogP contribution in [0.15, 0.2) is 6.07 Å². The van der Waals surface area contributed by atoms with Gasteiger partial charge in [0.1, 0.15) is 0 Å². The van der Waals surface area contributed by atoms with Gasteiger partial charge in [-0.25, -0.2) is 19.2 Å². The number of amides is 1. The highest BCUT2D eigenvalue weighted by Crippen LogP contribution is 2.21. The standard InChI is InChI=1S/C11H19N3O4S/c1-8(2)13-10(6-9(12-13)7-19-5)18-11(15)14(16-3)17-4/h6,8H,7H2,1-5H3. The van der Waals surface area contributed by atoms with E-state index in [2.05, 4.69) is 5.10 Å². The quantitative estimate of drug-likeness (QED) is 0.748. The Hall–Kier alpha value is -1.25. The molecule has 19 heavy (non-hydrogen) atoms. The van der Waals surface area contributed by atoms with Crippen molar-refractivity contribution in [3.05, 3.63) is 11.8 Å². The third-order valence-electron chi connectivity index (χ3n) is 2.21. The van der Waals surface area contributed by atoms with Crippen molar-refractivity contribution in [2.75, 3.05) is 20.5 Å². The third kappa shape index (κ3) is 4.12. The maximum atomic E-state index is 11.7. The number of hydroxylamine groups is 2. The lowest BCUT2D eigenvalue weighted by Crippen LogP contribution is -2.32. The monoisotopic (exact) mass is 289 g/mol. The molecule has 1 rings (SSSR count). The highest BCUT2D eigenvalue weighted by atomic mass is 32.2. The molecule has 8 heteroatoms. The summed E-state index contributed by atoms with van der Waals surface area (Å²) in [6.45, 7) is 3.91. The highest BCUT2D eigenvalue weighted by Gasteiger charge is 2.20. The van der Waals surface area contributed by atoms with Crippen LogP contribution in [0, 0.1) is 0 Å². The van der Waals surface area contributed by atoms with Gasteiger partial charge in [0.05, 0.1) is 26.0 Å². The van der Waals surface area contributed by atoms with E-state index in [0.717, 1.165) is 11.4 Å². The normalized spacial score (nSPS) is 10.8. The van der Waals surface area contributed by atoms with Crippen LogP contribution < -0.4 is 4.74 Å². The second kappa shape index (κ2) is 7.37. The second-order valence-corrected chi connectivity index (χ2v) is 4.80. The van der Waals surface area contributed by atoms with Gasteiger partial charge in [-0.1, -0.05) is 0 Å². The first-order chi connectivity index (χ1) is 9.03. The van der Waals surface area contributed by atoms with Crippen molar-refractivity contribution in [3.63, 3.8) is 0 Å². The highest BCUT2D eigenvalue weighted by molar-refractivity contribution is 7.97. The zero-order valence-corrected chi connectivity index (χ0v) is 12.6. The molecule has 1 amide bonds. The molecule has 0 aliphatic rings. The first-order valence-electron chi connectivity index (χ1n) is 5.71. The molecule has 0 saturated carbocycles. The Morgan fingerprint density at radius 2 is 2.11 bits per heavy atom. The van der Waals surface area contributed by atoms with Gasteiger partial charge in [0.2, 0.25) is 5.88 Å². The molecular formula is C11H19N3O4S. The average molecular weight is 289 g/mol. The zero-order valence-electron chi connectivity index (χ0n) is 11.7. The number of rotatable bonds is 6. The Balaban J connectivity index is 2.89. The number of carbonyl (C=O) groups is 1. The lowest BCUT2D eigenvalue weighted by Gasteiger charge is -2.16. The molecule has 0 spiro atoms. The summed E-state index contributed by atoms with van der Waals surface area (Å²) in [5.41, 5.74) is 0.852. The Labute approximate surface area is 116 Å². The molecule has 0 aromatic carbocycles. The van der Waals surface area contributed by atoms with E-state index >= 15 is 0 Å². The van der Waals surface area contributed by atoms with Gasteiger partial charge in [0, 0.05) is 11.8 Å². The number of hydrogen-bond donors (Lipinski definition) is 0. The van der Waals surface area contributed by atoms with Crippen molar-refractivity contribution in [2.45, 2.75) is 25.6 Å². The third-order valence-corrected chi connectivity index (χ3v) is 2.79. The molecule has 0 bridgehead atoms. The van der Waals surface area contributed by atoms with Crippen LogP contribution in [-0.4, -0.2) is 41.6 Å². The number of aromatic nitrogens is 2. The minimum atomic E-state index is -0.762. The van der Waals surface area contributed by atoms with E-state index in [1.807, 2.05) is 20.1 Å². The van der Waals surface area contributed by atoms with Gasteiger partial charge in [0.25, 0.3) is 0 Å². The van der Waals surface area contributed by atoms with Gasteiger partial charge >= 0.3 is 6.09 Å². The first-order valence-corrected chi connectivity index (χ1v) is 7.10. The SMILES string of the molecule is CON(OC)C(=O)Oc1cc(CSC)nn1C(C)C. The fourth-order valence-electron chi connectivity index (χ4n) is 1.44. The topological polar surface area (TPSA) is 65.8 Å². The molecule has 0 unspecified atom stereocenters. The van der Waals surface area contributed by atoms with Crippen molar-refractivity contribution >= 4 is 17.9 Å². The fraction of sp³-hybridized carbons (Fsp3) is 0.636. The van der Waals surface area contributed by atoms with Crippen LogP contribution in [0.2, 0.25) is 0 Å². The minimum absolute atomic E-state index is 0.0805. The summed E-state index contributed by atoms with van der Waals surface area (Å²) in [6.07, 6.45) is 1.22. The largest absolute Gasteiger partial charge is 0.466 e. The Bertz CT molecular complexity index is 418. The van der Waals surface area contributed by atoms with E-state index in [1.165, 1.54) is 14.2 Å². The van der Waals surface area contributed by atoms with Gasteiger partial charge in [-0.2, -0.15) is 16.9 Å². The molecule has 0 saturated heterocycles. The molecule has 0 radical (unpaired) electrons. The number of thioether (sulfide) groups is 1. The van der Waals surface area contributed by atoms with Crippen LogP contribution >= 0.6 is 11.8 Å². The van der Waals surface area contributed by atoms with Crippen LogP contribution in [0.1, 0.15) is 25.6 Å². The summed E-state index contributed by atoms with van der Waals surface area (Å²) >= 11 is 1.65. The molecule has 0 fully saturated rings. The summed E-state index contributed by atoms with van der Waals surface area (Å²) in [5.74, 6) is 1.12. The molecule has 108 valence electrons. The van der Waals surface area contributed by atoms with Crippen molar-refractivity contribution in [1.82, 2.24) is 15.0 Å². The van der Waals surface area contributed by atoms with Crippen LogP contribution in [0.3, 0.4) is 0 Å². The lowest BCUT2D eigenvalue weighted by molar-refractivity contribution is -0.305. The maximum absolute atomic E-state index is 11.7. The van der Waals surface area contributed by atoms with E-state index < -0.39 is 6.09 Å². The molecule has 0 aliphatic carbocycles. The smallest absolute Gasteiger partial charge is 0.388 e. The van der Waals surface area contributed by atoms with Gasteiger partial charge in [-0.15, -0.1) is 0 Å². The molecule has 1 aromatic rings. The predicted molar refractivity (Wildman–Crippen MR) is 71.7 cm³/mol. The van der Waals surface area contributed by atoms with Crippen LogP contribution in [-0.2, 0) is 15.4 Å². The van der Waals surface area contributed by atoms with Crippen molar-refractivity contribution < 1.29 is 19.2 Å². The van der Waals surface area contributed by atoms with E-state index in [9.17, 15) is 4.79 Å². The molecule has 1 aromatic heterocycles. The molecule has 1 heterocycles. The van der Waals surface area contributed by atoms with E-state index in [-0.39, 0.29) is 6.04 Å². The number of nitrogens with zero attached hydrogens (tertiary/aromatic N) is 3. The molecular weight excluding hydrogens is 270 g/mol. The van der Waals surface area contributed by atoms with Gasteiger partial charge in [-0.3, -0.25) is 0 Å². The van der Waals surface area contributed by atoms with Gasteiger partial charge in [-0.05, 0) is 25.3 Å². The Morgan fingerprint density at radius 1 is 1.47 bits per heavy atom. The first kappa shape index (κ1) is 15.8. The van der Waals surface area contributed by atoms with Crippen LogP contribution in [0.4, 0.5) is 4.79 Å². The van der Waals surface area contributed by atoms with Crippen molar-refractivity contribution in [2.24, 2.45) is 0 Å².